The zero-order valence-electron chi connectivity index (χ0n) is 14.4. The molecule has 0 spiro atoms. The van der Waals surface area contributed by atoms with Crippen molar-refractivity contribution in [1.82, 2.24) is 4.90 Å². The minimum Gasteiger partial charge on any atom is -0.366 e. The van der Waals surface area contributed by atoms with Crippen LogP contribution in [0.1, 0.15) is 40.0 Å². The summed E-state index contributed by atoms with van der Waals surface area (Å²) in [6.45, 7) is 9.24. The van der Waals surface area contributed by atoms with Crippen molar-refractivity contribution in [2.45, 2.75) is 46.1 Å². The molecule has 4 rings (SSSR count). The Morgan fingerprint density at radius 1 is 1.22 bits per heavy atom. The van der Waals surface area contributed by atoms with Crippen LogP contribution < -0.4 is 4.90 Å². The first-order valence-corrected chi connectivity index (χ1v) is 8.70. The van der Waals surface area contributed by atoms with Crippen LogP contribution in [0.25, 0.3) is 0 Å². The lowest BCUT2D eigenvalue weighted by Gasteiger charge is -2.48. The maximum Gasteiger partial charge on any atom is 0.222 e. The summed E-state index contributed by atoms with van der Waals surface area (Å²) in [6.07, 6.45) is 2.68. The lowest BCUT2D eigenvalue weighted by atomic mass is 9.73. The second kappa shape index (κ2) is 6.14. The van der Waals surface area contributed by atoms with Gasteiger partial charge in [0.2, 0.25) is 5.91 Å². The van der Waals surface area contributed by atoms with Gasteiger partial charge in [-0.1, -0.05) is 20.8 Å². The van der Waals surface area contributed by atoms with E-state index in [1.807, 2.05) is 12.1 Å². The third-order valence-electron chi connectivity index (χ3n) is 5.39. The molecule has 2 bridgehead atoms. The summed E-state index contributed by atoms with van der Waals surface area (Å²) >= 11 is 0. The molecule has 0 N–H and O–H groups in total. The predicted octanol–water partition coefficient (Wildman–Crippen LogP) is 3.69. The highest BCUT2D eigenvalue weighted by Gasteiger charge is 2.46. The standard InChI is InChI=1S/C19H27FN2O/c1-4-5-18(23)21-11-14-10-19(2,3)17(13-21)22(12-14)16-8-6-15(20)7-9-16/h6-9,14,17H,4-5,10-13H2,1-3H3/t14-,17-/m1/s1. The van der Waals surface area contributed by atoms with E-state index in [0.29, 0.717) is 12.3 Å². The first kappa shape index (κ1) is 16.3. The third-order valence-corrected chi connectivity index (χ3v) is 5.39. The molecule has 0 aliphatic carbocycles. The number of halogens is 1. The van der Waals surface area contributed by atoms with Crippen LogP contribution in [0.3, 0.4) is 0 Å². The van der Waals surface area contributed by atoms with Gasteiger partial charge in [-0.3, -0.25) is 4.79 Å². The van der Waals surface area contributed by atoms with E-state index < -0.39 is 0 Å². The Hall–Kier alpha value is -1.58. The molecule has 1 amide bonds. The largest absolute Gasteiger partial charge is 0.366 e. The number of rotatable bonds is 3. The van der Waals surface area contributed by atoms with E-state index in [-0.39, 0.29) is 23.2 Å². The van der Waals surface area contributed by atoms with Crippen molar-refractivity contribution in [3.05, 3.63) is 30.1 Å². The van der Waals surface area contributed by atoms with Crippen molar-refractivity contribution in [2.75, 3.05) is 24.5 Å². The minimum atomic E-state index is -0.201. The molecule has 0 saturated carbocycles. The Morgan fingerprint density at radius 3 is 2.57 bits per heavy atom. The van der Waals surface area contributed by atoms with Crippen LogP contribution in [0.2, 0.25) is 0 Å². The van der Waals surface area contributed by atoms with Gasteiger partial charge in [0.25, 0.3) is 0 Å². The smallest absolute Gasteiger partial charge is 0.222 e. The molecule has 3 saturated heterocycles. The Morgan fingerprint density at radius 2 is 1.91 bits per heavy atom. The highest BCUT2D eigenvalue weighted by Crippen LogP contribution is 2.43. The quantitative estimate of drug-likeness (QED) is 0.848. The van der Waals surface area contributed by atoms with Gasteiger partial charge < -0.3 is 9.80 Å². The number of carbonyl (C=O) groups is 1. The first-order chi connectivity index (χ1) is 10.9. The predicted molar refractivity (Wildman–Crippen MR) is 90.9 cm³/mol. The number of benzene rings is 1. The van der Waals surface area contributed by atoms with Gasteiger partial charge in [-0.2, -0.15) is 0 Å². The Kier molecular flexibility index (Phi) is 4.35. The fourth-order valence-electron chi connectivity index (χ4n) is 4.33. The molecule has 1 aromatic rings. The fraction of sp³-hybridized carbons (Fsp3) is 0.632. The number of nitrogens with zero attached hydrogens (tertiary/aromatic N) is 2. The molecule has 3 aliphatic heterocycles. The number of amides is 1. The molecule has 1 aromatic carbocycles. The van der Waals surface area contributed by atoms with E-state index in [2.05, 4.69) is 30.6 Å². The van der Waals surface area contributed by atoms with Gasteiger partial charge in [-0.25, -0.2) is 4.39 Å². The van der Waals surface area contributed by atoms with Gasteiger partial charge in [0.05, 0.1) is 6.04 Å². The van der Waals surface area contributed by atoms with Gasteiger partial charge >= 0.3 is 0 Å². The molecule has 3 heterocycles. The SMILES string of the molecule is CCCC(=O)N1C[C@@H]2CN(c3ccc(F)cc3)[C@H](C1)C(C)(C)C2. The summed E-state index contributed by atoms with van der Waals surface area (Å²) in [7, 11) is 0. The maximum atomic E-state index is 13.3. The lowest BCUT2D eigenvalue weighted by molar-refractivity contribution is -0.131. The molecular formula is C19H27FN2O. The summed E-state index contributed by atoms with van der Waals surface area (Å²) in [5.41, 5.74) is 1.22. The molecule has 4 heteroatoms. The Bertz CT molecular complexity index is 569. The maximum absolute atomic E-state index is 13.3. The molecular weight excluding hydrogens is 291 g/mol. The van der Waals surface area contributed by atoms with E-state index >= 15 is 0 Å². The van der Waals surface area contributed by atoms with Crippen molar-refractivity contribution >= 4 is 11.6 Å². The molecule has 126 valence electrons. The Balaban J connectivity index is 1.89. The summed E-state index contributed by atoms with van der Waals surface area (Å²) < 4.78 is 13.3. The normalized spacial score (nSPS) is 26.3. The zero-order chi connectivity index (χ0) is 16.6. The molecule has 0 radical (unpaired) electrons. The molecule has 2 atom stereocenters. The van der Waals surface area contributed by atoms with E-state index in [0.717, 1.165) is 38.2 Å². The fourth-order valence-corrected chi connectivity index (χ4v) is 4.33. The first-order valence-electron chi connectivity index (χ1n) is 8.70. The molecule has 3 aliphatic rings. The van der Waals surface area contributed by atoms with Crippen molar-refractivity contribution in [1.29, 1.82) is 0 Å². The van der Waals surface area contributed by atoms with Crippen molar-refractivity contribution in [3.8, 4) is 0 Å². The van der Waals surface area contributed by atoms with Crippen molar-refractivity contribution in [3.63, 3.8) is 0 Å². The summed E-state index contributed by atoms with van der Waals surface area (Å²) in [4.78, 5) is 16.9. The lowest BCUT2D eigenvalue weighted by Crippen LogP contribution is -2.54. The molecule has 0 aromatic heterocycles. The third kappa shape index (κ3) is 3.22. The van der Waals surface area contributed by atoms with Crippen LogP contribution in [0.4, 0.5) is 10.1 Å². The zero-order valence-corrected chi connectivity index (χ0v) is 14.4. The second-order valence-corrected chi connectivity index (χ2v) is 7.75. The van der Waals surface area contributed by atoms with Gasteiger partial charge in [0, 0.05) is 31.7 Å². The minimum absolute atomic E-state index is 0.151. The van der Waals surface area contributed by atoms with Crippen LogP contribution in [0.15, 0.2) is 24.3 Å². The number of fused-ring (bicyclic) bond motifs is 4. The van der Waals surface area contributed by atoms with Crippen LogP contribution in [0, 0.1) is 17.2 Å². The second-order valence-electron chi connectivity index (χ2n) is 7.75. The van der Waals surface area contributed by atoms with E-state index in [4.69, 9.17) is 0 Å². The van der Waals surface area contributed by atoms with E-state index in [1.54, 1.807) is 0 Å². The van der Waals surface area contributed by atoms with E-state index in [9.17, 15) is 9.18 Å². The van der Waals surface area contributed by atoms with Crippen LogP contribution >= 0.6 is 0 Å². The average Bonchev–Trinajstić information content (AvgIpc) is 2.75. The van der Waals surface area contributed by atoms with Gasteiger partial charge in [-0.15, -0.1) is 0 Å². The Labute approximate surface area is 138 Å². The van der Waals surface area contributed by atoms with Crippen LogP contribution in [0.5, 0.6) is 0 Å². The summed E-state index contributed by atoms with van der Waals surface area (Å²) in [5, 5.41) is 0. The van der Waals surface area contributed by atoms with E-state index in [1.165, 1.54) is 12.1 Å². The molecule has 0 unspecified atom stereocenters. The highest BCUT2D eigenvalue weighted by molar-refractivity contribution is 5.76. The number of hydrogen-bond acceptors (Lipinski definition) is 2. The molecule has 3 fully saturated rings. The van der Waals surface area contributed by atoms with Crippen LogP contribution in [-0.2, 0) is 4.79 Å². The monoisotopic (exact) mass is 318 g/mol. The van der Waals surface area contributed by atoms with Crippen molar-refractivity contribution in [2.24, 2.45) is 11.3 Å². The number of hydrogen-bond donors (Lipinski definition) is 0. The number of anilines is 1. The van der Waals surface area contributed by atoms with Gasteiger partial charge in [0.15, 0.2) is 0 Å². The molecule has 3 nitrogen and oxygen atoms in total. The van der Waals surface area contributed by atoms with Crippen LogP contribution in [-0.4, -0.2) is 36.5 Å². The van der Waals surface area contributed by atoms with Gasteiger partial charge in [0.1, 0.15) is 5.82 Å². The summed E-state index contributed by atoms with van der Waals surface area (Å²) in [5.74, 6) is 0.559. The average molecular weight is 318 g/mol. The topological polar surface area (TPSA) is 23.6 Å². The number of piperidine rings is 1. The highest BCUT2D eigenvalue weighted by atomic mass is 19.1. The summed E-state index contributed by atoms with van der Waals surface area (Å²) in [6, 6.07) is 7.07. The number of carbonyl (C=O) groups excluding carboxylic acids is 1. The van der Waals surface area contributed by atoms with Crippen molar-refractivity contribution < 1.29 is 9.18 Å². The molecule has 23 heavy (non-hydrogen) atoms. The van der Waals surface area contributed by atoms with Gasteiger partial charge in [-0.05, 0) is 48.4 Å².